The maximum absolute atomic E-state index is 12.4. The molecule has 3 rings (SSSR count). The Bertz CT molecular complexity index is 850. The summed E-state index contributed by atoms with van der Waals surface area (Å²) in [5.74, 6) is -0.358. The molecule has 6 nitrogen and oxygen atoms in total. The van der Waals surface area contributed by atoms with Crippen molar-refractivity contribution in [3.05, 3.63) is 70.0 Å². The number of nitrogen functional groups attached to an aromatic ring is 1. The minimum Gasteiger partial charge on any atom is -0.450 e. The van der Waals surface area contributed by atoms with Gasteiger partial charge in [0, 0.05) is 23.1 Å². The summed E-state index contributed by atoms with van der Waals surface area (Å²) in [7, 11) is 0. The van der Waals surface area contributed by atoms with Gasteiger partial charge in [-0.3, -0.25) is 14.9 Å². The molecule has 0 fully saturated rings. The number of ketones is 1. The van der Waals surface area contributed by atoms with Crippen molar-refractivity contribution in [3.8, 4) is 0 Å². The number of hydrogen-bond acceptors (Lipinski definition) is 5. The van der Waals surface area contributed by atoms with Crippen molar-refractivity contribution in [2.45, 2.75) is 0 Å². The van der Waals surface area contributed by atoms with Gasteiger partial charge in [0.1, 0.15) is 5.58 Å². The third-order valence-electron chi connectivity index (χ3n) is 3.18. The zero-order chi connectivity index (χ0) is 15.0. The van der Waals surface area contributed by atoms with Gasteiger partial charge in [0.15, 0.2) is 5.76 Å². The van der Waals surface area contributed by atoms with Crippen LogP contribution in [0.3, 0.4) is 0 Å². The van der Waals surface area contributed by atoms with E-state index in [-0.39, 0.29) is 22.7 Å². The van der Waals surface area contributed by atoms with Gasteiger partial charge in [0.2, 0.25) is 5.78 Å². The van der Waals surface area contributed by atoms with Gasteiger partial charge >= 0.3 is 0 Å². The van der Waals surface area contributed by atoms with E-state index in [2.05, 4.69) is 0 Å². The molecule has 2 N–H and O–H groups in total. The van der Waals surface area contributed by atoms with Gasteiger partial charge in [-0.2, -0.15) is 0 Å². The smallest absolute Gasteiger partial charge is 0.269 e. The fourth-order valence-electron chi connectivity index (χ4n) is 2.10. The Kier molecular flexibility index (Phi) is 2.91. The SMILES string of the molecule is Nc1c(C(=O)c2ccc([N+](=O)[O-])cc2)oc2ccccc12. The summed E-state index contributed by atoms with van der Waals surface area (Å²) in [6.07, 6.45) is 0. The summed E-state index contributed by atoms with van der Waals surface area (Å²) in [4.78, 5) is 22.5. The normalized spacial score (nSPS) is 10.7. The van der Waals surface area contributed by atoms with Crippen molar-refractivity contribution in [1.29, 1.82) is 0 Å². The van der Waals surface area contributed by atoms with Gasteiger partial charge in [0.25, 0.3) is 5.69 Å². The van der Waals surface area contributed by atoms with Crippen LogP contribution in [0.2, 0.25) is 0 Å². The topological polar surface area (TPSA) is 99.4 Å². The van der Waals surface area contributed by atoms with Crippen LogP contribution in [-0.2, 0) is 0 Å². The van der Waals surface area contributed by atoms with Gasteiger partial charge in [-0.25, -0.2) is 0 Å². The molecule has 0 aliphatic heterocycles. The van der Waals surface area contributed by atoms with E-state index in [1.165, 1.54) is 24.3 Å². The molecule has 0 saturated heterocycles. The second-order valence-electron chi connectivity index (χ2n) is 4.47. The Morgan fingerprint density at radius 2 is 1.76 bits per heavy atom. The summed E-state index contributed by atoms with van der Waals surface area (Å²) < 4.78 is 5.48. The molecule has 0 atom stereocenters. The second kappa shape index (κ2) is 4.75. The summed E-state index contributed by atoms with van der Waals surface area (Å²) in [6, 6.07) is 12.4. The van der Waals surface area contributed by atoms with E-state index >= 15 is 0 Å². The van der Waals surface area contributed by atoms with Crippen molar-refractivity contribution in [2.24, 2.45) is 0 Å². The number of nitro benzene ring substituents is 1. The summed E-state index contributed by atoms with van der Waals surface area (Å²) >= 11 is 0. The molecule has 1 heterocycles. The summed E-state index contributed by atoms with van der Waals surface area (Å²) in [5.41, 5.74) is 6.94. The number of benzene rings is 2. The average Bonchev–Trinajstić information content (AvgIpc) is 2.84. The number of anilines is 1. The van der Waals surface area contributed by atoms with Crippen LogP contribution in [-0.4, -0.2) is 10.7 Å². The number of rotatable bonds is 3. The largest absolute Gasteiger partial charge is 0.450 e. The van der Waals surface area contributed by atoms with E-state index in [1.54, 1.807) is 24.3 Å². The number of carbonyl (C=O) groups excluding carboxylic acids is 1. The Balaban J connectivity index is 2.04. The molecule has 0 amide bonds. The van der Waals surface area contributed by atoms with Gasteiger partial charge in [0.05, 0.1) is 10.6 Å². The molecule has 0 spiro atoms. The first-order valence-electron chi connectivity index (χ1n) is 6.14. The van der Waals surface area contributed by atoms with E-state index < -0.39 is 10.7 Å². The number of nitro groups is 1. The molecule has 104 valence electrons. The van der Waals surface area contributed by atoms with E-state index in [0.29, 0.717) is 11.0 Å². The molecule has 0 aliphatic rings. The van der Waals surface area contributed by atoms with Gasteiger partial charge in [-0.15, -0.1) is 0 Å². The Hall–Kier alpha value is -3.15. The van der Waals surface area contributed by atoms with E-state index in [1.807, 2.05) is 0 Å². The quantitative estimate of drug-likeness (QED) is 0.452. The van der Waals surface area contributed by atoms with Crippen LogP contribution >= 0.6 is 0 Å². The van der Waals surface area contributed by atoms with Gasteiger partial charge < -0.3 is 10.2 Å². The lowest BCUT2D eigenvalue weighted by Gasteiger charge is -1.98. The molecular weight excluding hydrogens is 272 g/mol. The van der Waals surface area contributed by atoms with E-state index in [0.717, 1.165) is 0 Å². The van der Waals surface area contributed by atoms with Gasteiger partial charge in [-0.1, -0.05) is 12.1 Å². The molecule has 1 aromatic heterocycles. The van der Waals surface area contributed by atoms with E-state index in [9.17, 15) is 14.9 Å². The Morgan fingerprint density at radius 3 is 2.38 bits per heavy atom. The number of carbonyl (C=O) groups is 1. The molecule has 0 saturated carbocycles. The predicted molar refractivity (Wildman–Crippen MR) is 77.2 cm³/mol. The maximum Gasteiger partial charge on any atom is 0.269 e. The number of non-ortho nitro benzene ring substituents is 1. The second-order valence-corrected chi connectivity index (χ2v) is 4.47. The summed E-state index contributed by atoms with van der Waals surface area (Å²) in [5, 5.41) is 11.3. The fraction of sp³-hybridized carbons (Fsp3) is 0. The lowest BCUT2D eigenvalue weighted by Crippen LogP contribution is -2.03. The standard InChI is InChI=1S/C15H10N2O4/c16-13-11-3-1-2-4-12(11)21-15(13)14(18)9-5-7-10(8-6-9)17(19)20/h1-8H,16H2. The van der Waals surface area contributed by atoms with Crippen LogP contribution in [0, 0.1) is 10.1 Å². The third-order valence-corrected chi connectivity index (χ3v) is 3.18. The zero-order valence-corrected chi connectivity index (χ0v) is 10.8. The molecule has 0 aliphatic carbocycles. The molecule has 3 aromatic rings. The Labute approximate surface area is 118 Å². The van der Waals surface area contributed by atoms with Crippen LogP contribution in [0.25, 0.3) is 11.0 Å². The van der Waals surface area contributed by atoms with Crippen LogP contribution in [0.4, 0.5) is 11.4 Å². The minimum absolute atomic E-state index is 0.0463. The number of hydrogen-bond donors (Lipinski definition) is 1. The molecule has 0 bridgehead atoms. The van der Waals surface area contributed by atoms with Crippen LogP contribution in [0.5, 0.6) is 0 Å². The molecule has 0 unspecified atom stereocenters. The highest BCUT2D eigenvalue weighted by atomic mass is 16.6. The molecule has 6 heteroatoms. The van der Waals surface area contributed by atoms with Crippen molar-refractivity contribution in [2.75, 3.05) is 5.73 Å². The van der Waals surface area contributed by atoms with Crippen molar-refractivity contribution in [3.63, 3.8) is 0 Å². The monoisotopic (exact) mass is 282 g/mol. The summed E-state index contributed by atoms with van der Waals surface area (Å²) in [6.45, 7) is 0. The highest BCUT2D eigenvalue weighted by molar-refractivity contribution is 6.14. The predicted octanol–water partition coefficient (Wildman–Crippen LogP) is 3.15. The van der Waals surface area contributed by atoms with Crippen LogP contribution in [0.1, 0.15) is 16.1 Å². The fourth-order valence-corrected chi connectivity index (χ4v) is 2.10. The van der Waals surface area contributed by atoms with E-state index in [4.69, 9.17) is 10.2 Å². The molecular formula is C15H10N2O4. The first kappa shape index (κ1) is 12.9. The number of nitrogens with zero attached hydrogens (tertiary/aromatic N) is 1. The van der Waals surface area contributed by atoms with Crippen molar-refractivity contribution in [1.82, 2.24) is 0 Å². The van der Waals surface area contributed by atoms with Gasteiger partial charge in [-0.05, 0) is 24.3 Å². The third kappa shape index (κ3) is 2.12. The first-order valence-corrected chi connectivity index (χ1v) is 6.14. The molecule has 2 aromatic carbocycles. The average molecular weight is 282 g/mol. The van der Waals surface area contributed by atoms with Crippen molar-refractivity contribution >= 4 is 28.1 Å². The maximum atomic E-state index is 12.4. The lowest BCUT2D eigenvalue weighted by atomic mass is 10.1. The highest BCUT2D eigenvalue weighted by Crippen LogP contribution is 2.29. The molecule has 21 heavy (non-hydrogen) atoms. The number of para-hydroxylation sites is 1. The Morgan fingerprint density at radius 1 is 1.10 bits per heavy atom. The number of fused-ring (bicyclic) bond motifs is 1. The minimum atomic E-state index is -0.524. The first-order chi connectivity index (χ1) is 10.1. The van der Waals surface area contributed by atoms with Crippen LogP contribution in [0.15, 0.2) is 52.9 Å². The van der Waals surface area contributed by atoms with Crippen molar-refractivity contribution < 1.29 is 14.1 Å². The van der Waals surface area contributed by atoms with Crippen LogP contribution < -0.4 is 5.73 Å². The lowest BCUT2D eigenvalue weighted by molar-refractivity contribution is -0.384. The number of furan rings is 1. The molecule has 0 radical (unpaired) electrons. The highest BCUT2D eigenvalue weighted by Gasteiger charge is 2.20. The number of nitrogens with two attached hydrogens (primary N) is 1. The zero-order valence-electron chi connectivity index (χ0n) is 10.8.